The number of ether oxygens (including phenoxy) is 1. The summed E-state index contributed by atoms with van der Waals surface area (Å²) in [5, 5.41) is 11.2. The average molecular weight is 357 g/mol. The molecule has 0 aliphatic heterocycles. The summed E-state index contributed by atoms with van der Waals surface area (Å²) in [5.74, 6) is 0.166. The van der Waals surface area contributed by atoms with Crippen LogP contribution in [0, 0.1) is 10.1 Å². The lowest BCUT2D eigenvalue weighted by molar-refractivity contribution is -0.387. The Morgan fingerprint density at radius 1 is 1.22 bits per heavy atom. The smallest absolute Gasteiger partial charge is 0.289 e. The first kappa shape index (κ1) is 17.0. The highest BCUT2D eigenvalue weighted by Gasteiger charge is 2.26. The molecule has 1 N–H and O–H groups in total. The predicted octanol–water partition coefficient (Wildman–Crippen LogP) is 3.45. The van der Waals surface area contributed by atoms with Gasteiger partial charge in [0.1, 0.15) is 0 Å². The normalized spacial score (nSPS) is 11.0. The van der Waals surface area contributed by atoms with E-state index in [1.807, 2.05) is 0 Å². The molecule has 0 fully saturated rings. The first-order valence-corrected chi connectivity index (χ1v) is 8.40. The Hall–Kier alpha value is -2.32. The van der Waals surface area contributed by atoms with E-state index in [1.165, 1.54) is 18.2 Å². The molecule has 122 valence electrons. The van der Waals surface area contributed by atoms with Crippen LogP contribution in [0.3, 0.4) is 0 Å². The molecule has 23 heavy (non-hydrogen) atoms. The molecule has 0 heterocycles. The molecule has 0 saturated heterocycles. The molecule has 2 aromatic rings. The molecular formula is C14H13ClN2O5S. The molecule has 0 spiro atoms. The van der Waals surface area contributed by atoms with Crippen LogP contribution in [0.2, 0.25) is 5.02 Å². The Labute approximate surface area is 138 Å². The minimum Gasteiger partial charge on any atom is -0.490 e. The highest BCUT2D eigenvalue weighted by Crippen LogP contribution is 2.35. The fraction of sp³-hybridized carbons (Fsp3) is 0.143. The van der Waals surface area contributed by atoms with Crippen molar-refractivity contribution in [3.63, 3.8) is 0 Å². The molecule has 9 heteroatoms. The molecule has 0 radical (unpaired) electrons. The highest BCUT2D eigenvalue weighted by molar-refractivity contribution is 7.92. The van der Waals surface area contributed by atoms with Crippen LogP contribution in [0.25, 0.3) is 0 Å². The van der Waals surface area contributed by atoms with E-state index in [0.29, 0.717) is 0 Å². The average Bonchev–Trinajstić information content (AvgIpc) is 2.50. The lowest BCUT2D eigenvalue weighted by atomic mass is 10.3. The summed E-state index contributed by atoms with van der Waals surface area (Å²) in [5.41, 5.74) is -0.405. The number of nitro groups is 1. The van der Waals surface area contributed by atoms with Gasteiger partial charge < -0.3 is 4.74 Å². The molecule has 0 aliphatic carbocycles. The maximum Gasteiger partial charge on any atom is 0.289 e. The number of nitrogens with one attached hydrogen (secondary N) is 1. The molecule has 0 amide bonds. The van der Waals surface area contributed by atoms with Gasteiger partial charge in [0, 0.05) is 6.07 Å². The van der Waals surface area contributed by atoms with Crippen LogP contribution in [0.15, 0.2) is 47.4 Å². The second-order valence-corrected chi connectivity index (χ2v) is 6.44. The summed E-state index contributed by atoms with van der Waals surface area (Å²) in [6, 6.07) is 9.63. The Morgan fingerprint density at radius 3 is 2.57 bits per heavy atom. The van der Waals surface area contributed by atoms with Gasteiger partial charge in [-0.05, 0) is 25.1 Å². The Balaban J connectivity index is 2.48. The summed E-state index contributed by atoms with van der Waals surface area (Å²) < 4.78 is 32.6. The number of anilines is 1. The molecule has 0 bridgehead atoms. The molecule has 0 unspecified atom stereocenters. The molecule has 0 aromatic heterocycles. The predicted molar refractivity (Wildman–Crippen MR) is 86.5 cm³/mol. The largest absolute Gasteiger partial charge is 0.490 e. The quantitative estimate of drug-likeness (QED) is 0.631. The third kappa shape index (κ3) is 3.72. The Morgan fingerprint density at radius 2 is 1.91 bits per heavy atom. The van der Waals surface area contributed by atoms with Gasteiger partial charge in [0.25, 0.3) is 15.7 Å². The number of rotatable bonds is 6. The Kier molecular flexibility index (Phi) is 5.07. The van der Waals surface area contributed by atoms with Crippen molar-refractivity contribution in [1.82, 2.24) is 0 Å². The summed E-state index contributed by atoms with van der Waals surface area (Å²) in [4.78, 5) is 9.82. The van der Waals surface area contributed by atoms with E-state index in [-0.39, 0.29) is 23.1 Å². The second-order valence-electron chi connectivity index (χ2n) is 4.38. The van der Waals surface area contributed by atoms with Crippen LogP contribution in [-0.2, 0) is 10.0 Å². The van der Waals surface area contributed by atoms with E-state index >= 15 is 0 Å². The van der Waals surface area contributed by atoms with Crippen LogP contribution in [-0.4, -0.2) is 19.9 Å². The maximum atomic E-state index is 12.5. The molecule has 2 rings (SSSR count). The van der Waals surface area contributed by atoms with Crippen molar-refractivity contribution in [2.45, 2.75) is 11.8 Å². The second kappa shape index (κ2) is 6.84. The van der Waals surface area contributed by atoms with E-state index in [2.05, 4.69) is 4.72 Å². The fourth-order valence-corrected chi connectivity index (χ4v) is 3.38. The van der Waals surface area contributed by atoms with Crippen molar-refractivity contribution in [1.29, 1.82) is 0 Å². The molecule has 0 atom stereocenters. The minimum absolute atomic E-state index is 0.109. The highest BCUT2D eigenvalue weighted by atomic mass is 35.5. The van der Waals surface area contributed by atoms with E-state index < -0.39 is 25.5 Å². The molecule has 7 nitrogen and oxygen atoms in total. The van der Waals surface area contributed by atoms with E-state index in [1.54, 1.807) is 19.1 Å². The molecule has 2 aromatic carbocycles. The zero-order chi connectivity index (χ0) is 17.0. The number of nitrogens with zero attached hydrogens (tertiary/aromatic N) is 1. The summed E-state index contributed by atoms with van der Waals surface area (Å²) >= 11 is 6.00. The van der Waals surface area contributed by atoms with Gasteiger partial charge in [-0.1, -0.05) is 29.8 Å². The number of halogens is 1. The third-order valence-electron chi connectivity index (χ3n) is 2.85. The van der Waals surface area contributed by atoms with Gasteiger partial charge in [0.05, 0.1) is 22.2 Å². The van der Waals surface area contributed by atoms with Gasteiger partial charge in [0.2, 0.25) is 0 Å². The van der Waals surface area contributed by atoms with Crippen molar-refractivity contribution >= 4 is 33.0 Å². The first-order chi connectivity index (χ1) is 10.9. The third-order valence-corrected chi connectivity index (χ3v) is 4.56. The summed E-state index contributed by atoms with van der Waals surface area (Å²) in [6.07, 6.45) is 0. The lowest BCUT2D eigenvalue weighted by Crippen LogP contribution is -2.15. The molecule has 0 aliphatic rings. The van der Waals surface area contributed by atoms with Crippen molar-refractivity contribution in [2.75, 3.05) is 11.3 Å². The van der Waals surface area contributed by atoms with Gasteiger partial charge in [-0.2, -0.15) is 0 Å². The number of para-hydroxylation sites is 2. The number of hydrogen-bond acceptors (Lipinski definition) is 5. The standard InChI is InChI=1S/C14H13ClN2O5S/c1-2-22-14-10(15)6-5-7-11(14)16-23(20,21)13-9-4-3-8-12(13)17(18)19/h3-9,16H,2H2,1H3. The van der Waals surface area contributed by atoms with Crippen LogP contribution in [0.4, 0.5) is 11.4 Å². The van der Waals surface area contributed by atoms with Crippen molar-refractivity contribution in [2.24, 2.45) is 0 Å². The number of benzene rings is 2. The topological polar surface area (TPSA) is 98.5 Å². The monoisotopic (exact) mass is 356 g/mol. The van der Waals surface area contributed by atoms with Crippen LogP contribution < -0.4 is 9.46 Å². The first-order valence-electron chi connectivity index (χ1n) is 6.54. The van der Waals surface area contributed by atoms with E-state index in [9.17, 15) is 18.5 Å². The fourth-order valence-electron chi connectivity index (χ4n) is 1.92. The van der Waals surface area contributed by atoms with Crippen molar-refractivity contribution < 1.29 is 18.1 Å². The van der Waals surface area contributed by atoms with E-state index in [0.717, 1.165) is 12.1 Å². The zero-order valence-corrected chi connectivity index (χ0v) is 13.6. The van der Waals surface area contributed by atoms with Crippen LogP contribution in [0.5, 0.6) is 5.75 Å². The minimum atomic E-state index is -4.18. The maximum absolute atomic E-state index is 12.5. The van der Waals surface area contributed by atoms with Gasteiger partial charge in [-0.15, -0.1) is 0 Å². The van der Waals surface area contributed by atoms with Crippen molar-refractivity contribution in [3.05, 3.63) is 57.6 Å². The molecule has 0 saturated carbocycles. The van der Waals surface area contributed by atoms with Gasteiger partial charge in [-0.3, -0.25) is 14.8 Å². The number of hydrogen-bond donors (Lipinski definition) is 1. The SMILES string of the molecule is CCOc1c(Cl)cccc1NS(=O)(=O)c1ccccc1[N+](=O)[O-]. The number of sulfonamides is 1. The number of nitro benzene ring substituents is 1. The van der Waals surface area contributed by atoms with Gasteiger partial charge in [-0.25, -0.2) is 8.42 Å². The van der Waals surface area contributed by atoms with Crippen LogP contribution >= 0.6 is 11.6 Å². The lowest BCUT2D eigenvalue weighted by Gasteiger charge is -2.14. The zero-order valence-electron chi connectivity index (χ0n) is 12.0. The molecular weight excluding hydrogens is 344 g/mol. The van der Waals surface area contributed by atoms with Gasteiger partial charge >= 0.3 is 0 Å². The van der Waals surface area contributed by atoms with Gasteiger partial charge in [0.15, 0.2) is 10.6 Å². The Bertz CT molecular complexity index is 839. The van der Waals surface area contributed by atoms with Crippen LogP contribution in [0.1, 0.15) is 6.92 Å². The summed E-state index contributed by atoms with van der Waals surface area (Å²) in [6.45, 7) is 2.01. The summed E-state index contributed by atoms with van der Waals surface area (Å²) in [7, 11) is -4.18. The van der Waals surface area contributed by atoms with Crippen molar-refractivity contribution in [3.8, 4) is 5.75 Å². The van der Waals surface area contributed by atoms with E-state index in [4.69, 9.17) is 16.3 Å².